The minimum absolute atomic E-state index is 0.159. The maximum Gasteiger partial charge on any atom is 0.271 e. The molecular formula is C25H28FN3O2. The van der Waals surface area contributed by atoms with Gasteiger partial charge in [-0.25, -0.2) is 4.39 Å². The lowest BCUT2D eigenvalue weighted by Crippen LogP contribution is -2.63. The Kier molecular flexibility index (Phi) is 5.56. The SMILES string of the molecule is CC(C)CCNC(=O)C1(C)Cn2c(cc3ccccc32)C(=O)N1Cc1cccc(F)c1. The van der Waals surface area contributed by atoms with Crippen LogP contribution >= 0.6 is 0 Å². The minimum Gasteiger partial charge on any atom is -0.354 e. The molecule has 2 amide bonds. The van der Waals surface area contributed by atoms with Gasteiger partial charge in [-0.15, -0.1) is 0 Å². The molecule has 1 aliphatic heterocycles. The number of para-hydroxylation sites is 1. The van der Waals surface area contributed by atoms with Crippen LogP contribution in [-0.4, -0.2) is 33.4 Å². The number of benzene rings is 2. The fraction of sp³-hybridized carbons (Fsp3) is 0.360. The molecule has 0 radical (unpaired) electrons. The van der Waals surface area contributed by atoms with Crippen LogP contribution in [0.3, 0.4) is 0 Å². The average molecular weight is 422 g/mol. The molecule has 1 atom stereocenters. The summed E-state index contributed by atoms with van der Waals surface area (Å²) in [5.41, 5.74) is 1.02. The summed E-state index contributed by atoms with van der Waals surface area (Å²) in [6.07, 6.45) is 0.858. The van der Waals surface area contributed by atoms with Gasteiger partial charge in [0.1, 0.15) is 17.1 Å². The molecule has 5 nitrogen and oxygen atoms in total. The topological polar surface area (TPSA) is 54.3 Å². The molecule has 6 heteroatoms. The fourth-order valence-electron chi connectivity index (χ4n) is 4.24. The summed E-state index contributed by atoms with van der Waals surface area (Å²) >= 11 is 0. The number of nitrogens with zero attached hydrogens (tertiary/aromatic N) is 2. The van der Waals surface area contributed by atoms with Crippen LogP contribution in [0.4, 0.5) is 4.39 Å². The van der Waals surface area contributed by atoms with Crippen LogP contribution in [0.25, 0.3) is 10.9 Å². The second-order valence-electron chi connectivity index (χ2n) is 8.91. The third-order valence-corrected chi connectivity index (χ3v) is 6.06. The van der Waals surface area contributed by atoms with Crippen molar-refractivity contribution < 1.29 is 14.0 Å². The second kappa shape index (κ2) is 8.17. The number of amides is 2. The molecule has 1 aromatic heterocycles. The molecule has 0 spiro atoms. The highest BCUT2D eigenvalue weighted by Gasteiger charge is 2.47. The number of carbonyl (C=O) groups excluding carboxylic acids is 2. The summed E-state index contributed by atoms with van der Waals surface area (Å²) in [6, 6.07) is 15.8. The zero-order chi connectivity index (χ0) is 22.2. The Morgan fingerprint density at radius 2 is 1.94 bits per heavy atom. The highest BCUT2D eigenvalue weighted by atomic mass is 19.1. The molecule has 0 aliphatic carbocycles. The Morgan fingerprint density at radius 1 is 1.16 bits per heavy atom. The lowest BCUT2D eigenvalue weighted by atomic mass is 9.93. The Balaban J connectivity index is 1.74. The number of carbonyl (C=O) groups is 2. The molecular weight excluding hydrogens is 393 g/mol. The van der Waals surface area contributed by atoms with E-state index in [9.17, 15) is 14.0 Å². The Bertz CT molecular complexity index is 1140. The van der Waals surface area contributed by atoms with E-state index < -0.39 is 5.54 Å². The molecule has 0 bridgehead atoms. The second-order valence-corrected chi connectivity index (χ2v) is 8.91. The first-order valence-electron chi connectivity index (χ1n) is 10.7. The molecule has 0 fully saturated rings. The van der Waals surface area contributed by atoms with Gasteiger partial charge in [-0.05, 0) is 49.1 Å². The molecule has 2 heterocycles. The normalized spacial score (nSPS) is 18.5. The maximum absolute atomic E-state index is 13.8. The van der Waals surface area contributed by atoms with Crippen LogP contribution in [0, 0.1) is 11.7 Å². The number of nitrogens with one attached hydrogen (secondary N) is 1. The number of aromatic nitrogens is 1. The van der Waals surface area contributed by atoms with Gasteiger partial charge in [-0.2, -0.15) is 0 Å². The molecule has 0 saturated heterocycles. The molecule has 2 aromatic carbocycles. The van der Waals surface area contributed by atoms with E-state index in [1.54, 1.807) is 24.0 Å². The van der Waals surface area contributed by atoms with Crippen molar-refractivity contribution in [2.45, 2.75) is 45.8 Å². The van der Waals surface area contributed by atoms with Gasteiger partial charge in [0.25, 0.3) is 5.91 Å². The van der Waals surface area contributed by atoms with Crippen molar-refractivity contribution >= 4 is 22.7 Å². The van der Waals surface area contributed by atoms with E-state index in [0.717, 1.165) is 17.3 Å². The molecule has 162 valence electrons. The Hall–Kier alpha value is -3.15. The summed E-state index contributed by atoms with van der Waals surface area (Å²) < 4.78 is 15.7. The van der Waals surface area contributed by atoms with Crippen molar-refractivity contribution in [2.24, 2.45) is 5.92 Å². The van der Waals surface area contributed by atoms with Gasteiger partial charge in [0, 0.05) is 24.0 Å². The van der Waals surface area contributed by atoms with Crippen molar-refractivity contribution in [3.05, 3.63) is 71.7 Å². The quantitative estimate of drug-likeness (QED) is 0.643. The predicted octanol–water partition coefficient (Wildman–Crippen LogP) is 4.36. The number of fused-ring (bicyclic) bond motifs is 3. The van der Waals surface area contributed by atoms with Gasteiger partial charge >= 0.3 is 0 Å². The Morgan fingerprint density at radius 3 is 2.68 bits per heavy atom. The molecule has 0 saturated carbocycles. The van der Waals surface area contributed by atoms with Crippen molar-refractivity contribution in [3.8, 4) is 0 Å². The van der Waals surface area contributed by atoms with Gasteiger partial charge in [0.05, 0.1) is 6.54 Å². The first-order chi connectivity index (χ1) is 14.8. The predicted molar refractivity (Wildman–Crippen MR) is 119 cm³/mol. The van der Waals surface area contributed by atoms with E-state index in [1.165, 1.54) is 12.1 Å². The number of hydrogen-bond donors (Lipinski definition) is 1. The maximum atomic E-state index is 13.8. The summed E-state index contributed by atoms with van der Waals surface area (Å²) in [7, 11) is 0. The van der Waals surface area contributed by atoms with E-state index >= 15 is 0 Å². The van der Waals surface area contributed by atoms with Crippen molar-refractivity contribution in [2.75, 3.05) is 6.54 Å². The highest BCUT2D eigenvalue weighted by molar-refractivity contribution is 6.03. The fourth-order valence-corrected chi connectivity index (χ4v) is 4.24. The van der Waals surface area contributed by atoms with Crippen LogP contribution in [0.1, 0.15) is 43.2 Å². The Labute approximate surface area is 181 Å². The first kappa shape index (κ1) is 21.1. The summed E-state index contributed by atoms with van der Waals surface area (Å²) in [5.74, 6) is -0.321. The number of halogens is 1. The molecule has 1 aliphatic rings. The van der Waals surface area contributed by atoms with E-state index in [2.05, 4.69) is 19.2 Å². The summed E-state index contributed by atoms with van der Waals surface area (Å²) in [4.78, 5) is 28.6. The number of hydrogen-bond acceptors (Lipinski definition) is 2. The third kappa shape index (κ3) is 3.94. The number of rotatable bonds is 6. The molecule has 1 unspecified atom stereocenters. The monoisotopic (exact) mass is 421 g/mol. The molecule has 1 N–H and O–H groups in total. The molecule has 3 aromatic rings. The third-order valence-electron chi connectivity index (χ3n) is 6.06. The molecule has 31 heavy (non-hydrogen) atoms. The van der Waals surface area contributed by atoms with E-state index in [1.807, 2.05) is 34.9 Å². The summed E-state index contributed by atoms with van der Waals surface area (Å²) in [6.45, 7) is 7.05. The van der Waals surface area contributed by atoms with Gasteiger partial charge in [0.15, 0.2) is 0 Å². The van der Waals surface area contributed by atoms with Gasteiger partial charge in [0.2, 0.25) is 5.91 Å². The van der Waals surface area contributed by atoms with Gasteiger partial charge in [-0.3, -0.25) is 9.59 Å². The largest absolute Gasteiger partial charge is 0.354 e. The van der Waals surface area contributed by atoms with Crippen molar-refractivity contribution in [3.63, 3.8) is 0 Å². The minimum atomic E-state index is -1.10. The van der Waals surface area contributed by atoms with Crippen LogP contribution in [-0.2, 0) is 17.9 Å². The van der Waals surface area contributed by atoms with Crippen molar-refractivity contribution in [1.82, 2.24) is 14.8 Å². The lowest BCUT2D eigenvalue weighted by molar-refractivity contribution is -0.133. The average Bonchev–Trinajstić information content (AvgIpc) is 3.09. The zero-order valence-corrected chi connectivity index (χ0v) is 18.2. The smallest absolute Gasteiger partial charge is 0.271 e. The summed E-state index contributed by atoms with van der Waals surface area (Å²) in [5, 5.41) is 3.98. The lowest BCUT2D eigenvalue weighted by Gasteiger charge is -2.44. The van der Waals surface area contributed by atoms with Crippen LogP contribution in [0.5, 0.6) is 0 Å². The van der Waals surface area contributed by atoms with Crippen LogP contribution in [0.2, 0.25) is 0 Å². The standard InChI is InChI=1S/C25H28FN3O2/c1-17(2)11-12-27-24(31)25(3)16-28-21-10-5-4-8-19(21)14-22(28)23(30)29(25)15-18-7-6-9-20(26)13-18/h4-10,13-14,17H,11-12,15-16H2,1-3H3,(H,27,31). The van der Waals surface area contributed by atoms with E-state index in [0.29, 0.717) is 30.3 Å². The van der Waals surface area contributed by atoms with Crippen LogP contribution in [0.15, 0.2) is 54.6 Å². The van der Waals surface area contributed by atoms with Crippen molar-refractivity contribution in [1.29, 1.82) is 0 Å². The zero-order valence-electron chi connectivity index (χ0n) is 18.2. The first-order valence-corrected chi connectivity index (χ1v) is 10.7. The van der Waals surface area contributed by atoms with Crippen LogP contribution < -0.4 is 5.32 Å². The highest BCUT2D eigenvalue weighted by Crippen LogP contribution is 2.33. The molecule has 4 rings (SSSR count). The van der Waals surface area contributed by atoms with E-state index in [-0.39, 0.29) is 24.2 Å². The van der Waals surface area contributed by atoms with Gasteiger partial charge < -0.3 is 14.8 Å². The van der Waals surface area contributed by atoms with Gasteiger partial charge in [-0.1, -0.05) is 44.2 Å². The van der Waals surface area contributed by atoms with E-state index in [4.69, 9.17) is 0 Å².